The van der Waals surface area contributed by atoms with Crippen LogP contribution in [0.25, 0.3) is 0 Å². The molecule has 2 amide bonds. The average Bonchev–Trinajstić information content (AvgIpc) is 2.83. The predicted octanol–water partition coefficient (Wildman–Crippen LogP) is 5.29. The summed E-state index contributed by atoms with van der Waals surface area (Å²) < 4.78 is 5.18. The van der Waals surface area contributed by atoms with Gasteiger partial charge >= 0.3 is 0 Å². The van der Waals surface area contributed by atoms with Gasteiger partial charge in [-0.2, -0.15) is 0 Å². The third kappa shape index (κ3) is 7.70. The van der Waals surface area contributed by atoms with Crippen molar-refractivity contribution in [1.82, 2.24) is 14.9 Å². The number of nitrogens with one attached hydrogen (secondary N) is 1. The molecule has 0 bridgehead atoms. The van der Waals surface area contributed by atoms with E-state index >= 15 is 0 Å². The molecule has 1 atom stereocenters. The number of thioether (sulfide) groups is 1. The molecule has 2 aromatic carbocycles. The summed E-state index contributed by atoms with van der Waals surface area (Å²) in [7, 11) is 1.59. The molecule has 0 aliphatic heterocycles. The van der Waals surface area contributed by atoms with Crippen molar-refractivity contribution in [2.45, 2.75) is 44.9 Å². The third-order valence-electron chi connectivity index (χ3n) is 5.30. The first-order valence-electron chi connectivity index (χ1n) is 11.2. The van der Waals surface area contributed by atoms with Crippen LogP contribution in [0, 0.1) is 13.8 Å². The highest BCUT2D eigenvalue weighted by atomic mass is 35.5. The SMILES string of the molecule is CCC(C(=O)Nc1ccc(OC)cc1)N(Cc1ccc(Cl)cc1)C(=O)CSc1nc(C)cc(C)n1. The molecule has 0 spiro atoms. The van der Waals surface area contributed by atoms with Crippen molar-refractivity contribution >= 4 is 40.9 Å². The number of hydrogen-bond acceptors (Lipinski definition) is 6. The third-order valence-corrected chi connectivity index (χ3v) is 6.38. The first kappa shape index (κ1) is 26.5. The maximum Gasteiger partial charge on any atom is 0.247 e. The maximum absolute atomic E-state index is 13.4. The summed E-state index contributed by atoms with van der Waals surface area (Å²) >= 11 is 7.30. The minimum Gasteiger partial charge on any atom is -0.497 e. The normalized spacial score (nSPS) is 11.6. The zero-order valence-corrected chi connectivity index (χ0v) is 21.8. The lowest BCUT2D eigenvalue weighted by Gasteiger charge is -2.30. The fourth-order valence-corrected chi connectivity index (χ4v) is 4.53. The van der Waals surface area contributed by atoms with Crippen LogP contribution >= 0.6 is 23.4 Å². The number of aromatic nitrogens is 2. The van der Waals surface area contributed by atoms with E-state index in [-0.39, 0.29) is 24.1 Å². The lowest BCUT2D eigenvalue weighted by molar-refractivity contribution is -0.137. The fraction of sp³-hybridized carbons (Fsp3) is 0.308. The number of hydrogen-bond donors (Lipinski definition) is 1. The lowest BCUT2D eigenvalue weighted by Crippen LogP contribution is -2.47. The smallest absolute Gasteiger partial charge is 0.247 e. The largest absolute Gasteiger partial charge is 0.497 e. The predicted molar refractivity (Wildman–Crippen MR) is 140 cm³/mol. The molecule has 7 nitrogen and oxygen atoms in total. The van der Waals surface area contributed by atoms with Crippen LogP contribution in [0.1, 0.15) is 30.3 Å². The molecule has 184 valence electrons. The Balaban J connectivity index is 1.80. The molecule has 0 radical (unpaired) electrons. The molecule has 0 saturated heterocycles. The molecule has 1 N–H and O–H groups in total. The van der Waals surface area contributed by atoms with E-state index in [1.807, 2.05) is 39.0 Å². The summed E-state index contributed by atoms with van der Waals surface area (Å²) in [6.45, 7) is 5.95. The second kappa shape index (κ2) is 12.6. The maximum atomic E-state index is 13.4. The monoisotopic (exact) mass is 512 g/mol. The van der Waals surface area contributed by atoms with Crippen LogP contribution in [0.5, 0.6) is 5.75 Å². The van der Waals surface area contributed by atoms with Gasteiger partial charge < -0.3 is 15.0 Å². The van der Waals surface area contributed by atoms with Crippen LogP contribution in [0.2, 0.25) is 5.02 Å². The molecule has 9 heteroatoms. The number of methoxy groups -OCH3 is 1. The number of ether oxygens (including phenoxy) is 1. The van der Waals surface area contributed by atoms with E-state index in [0.29, 0.717) is 28.0 Å². The van der Waals surface area contributed by atoms with Gasteiger partial charge in [-0.15, -0.1) is 0 Å². The summed E-state index contributed by atoms with van der Waals surface area (Å²) in [6.07, 6.45) is 0.450. The number of carbonyl (C=O) groups excluding carboxylic acids is 2. The van der Waals surface area contributed by atoms with Crippen LogP contribution in [0.4, 0.5) is 5.69 Å². The number of rotatable bonds is 10. The molecule has 1 unspecified atom stereocenters. The molecule has 3 rings (SSSR count). The summed E-state index contributed by atoms with van der Waals surface area (Å²) in [5.74, 6) is 0.375. The van der Waals surface area contributed by atoms with Gasteiger partial charge in [-0.3, -0.25) is 9.59 Å². The molecule has 1 aromatic heterocycles. The van der Waals surface area contributed by atoms with Crippen molar-refractivity contribution in [2.24, 2.45) is 0 Å². The minimum absolute atomic E-state index is 0.114. The second-order valence-electron chi connectivity index (χ2n) is 8.01. The Hall–Kier alpha value is -3.10. The van der Waals surface area contributed by atoms with Crippen molar-refractivity contribution in [1.29, 1.82) is 0 Å². The van der Waals surface area contributed by atoms with Gasteiger partial charge in [0.1, 0.15) is 11.8 Å². The molecule has 0 aliphatic carbocycles. The average molecular weight is 513 g/mol. The van der Waals surface area contributed by atoms with Gasteiger partial charge in [-0.25, -0.2) is 9.97 Å². The number of benzene rings is 2. The summed E-state index contributed by atoms with van der Waals surface area (Å²) in [5.41, 5.74) is 3.20. The molecular formula is C26H29ClN4O3S. The number of aryl methyl sites for hydroxylation is 2. The number of carbonyl (C=O) groups is 2. The van der Waals surface area contributed by atoms with Gasteiger partial charge in [0.2, 0.25) is 11.8 Å². The standard InChI is InChI=1S/C26H29ClN4O3S/c1-5-23(25(33)30-21-10-12-22(34-4)13-11-21)31(15-19-6-8-20(27)9-7-19)24(32)16-35-26-28-17(2)14-18(3)29-26/h6-14,23H,5,15-16H2,1-4H3,(H,30,33). The van der Waals surface area contributed by atoms with Crippen molar-refractivity contribution in [3.05, 3.63) is 76.6 Å². The van der Waals surface area contributed by atoms with Gasteiger partial charge in [0.15, 0.2) is 5.16 Å². The Bertz CT molecular complexity index is 1140. The summed E-state index contributed by atoms with van der Waals surface area (Å²) in [4.78, 5) is 37.1. The number of amides is 2. The fourth-order valence-electron chi connectivity index (χ4n) is 3.57. The van der Waals surface area contributed by atoms with Crippen LogP contribution < -0.4 is 10.1 Å². The number of anilines is 1. The van der Waals surface area contributed by atoms with E-state index in [1.54, 1.807) is 48.4 Å². The van der Waals surface area contributed by atoms with Crippen molar-refractivity contribution in [3.63, 3.8) is 0 Å². The van der Waals surface area contributed by atoms with Gasteiger partial charge in [0.05, 0.1) is 12.9 Å². The topological polar surface area (TPSA) is 84.4 Å². The Labute approximate surface area is 215 Å². The first-order chi connectivity index (χ1) is 16.8. The number of nitrogens with zero attached hydrogens (tertiary/aromatic N) is 3. The van der Waals surface area contributed by atoms with Crippen LogP contribution in [0.15, 0.2) is 59.8 Å². The van der Waals surface area contributed by atoms with Crippen LogP contribution in [0.3, 0.4) is 0 Å². The lowest BCUT2D eigenvalue weighted by atomic mass is 10.1. The molecule has 3 aromatic rings. The molecular weight excluding hydrogens is 484 g/mol. The quantitative estimate of drug-likeness (QED) is 0.293. The number of halogens is 1. The van der Waals surface area contributed by atoms with E-state index in [9.17, 15) is 9.59 Å². The van der Waals surface area contributed by atoms with E-state index in [4.69, 9.17) is 16.3 Å². The van der Waals surface area contributed by atoms with Gasteiger partial charge in [-0.05, 0) is 68.3 Å². The van der Waals surface area contributed by atoms with Crippen molar-refractivity contribution < 1.29 is 14.3 Å². The highest BCUT2D eigenvalue weighted by Crippen LogP contribution is 2.21. The van der Waals surface area contributed by atoms with E-state index in [1.165, 1.54) is 11.8 Å². The Morgan fingerprint density at radius 3 is 2.26 bits per heavy atom. The second-order valence-corrected chi connectivity index (χ2v) is 9.39. The summed E-state index contributed by atoms with van der Waals surface area (Å²) in [6, 6.07) is 15.6. The molecule has 0 fully saturated rings. The van der Waals surface area contributed by atoms with Gasteiger partial charge in [0, 0.05) is 28.6 Å². The van der Waals surface area contributed by atoms with Gasteiger partial charge in [0.25, 0.3) is 0 Å². The van der Waals surface area contributed by atoms with E-state index in [0.717, 1.165) is 17.0 Å². The Morgan fingerprint density at radius 2 is 1.69 bits per heavy atom. The summed E-state index contributed by atoms with van der Waals surface area (Å²) in [5, 5.41) is 4.07. The van der Waals surface area contributed by atoms with Crippen molar-refractivity contribution in [3.8, 4) is 5.75 Å². The highest BCUT2D eigenvalue weighted by Gasteiger charge is 2.29. The Kier molecular flexibility index (Phi) is 9.51. The highest BCUT2D eigenvalue weighted by molar-refractivity contribution is 7.99. The van der Waals surface area contributed by atoms with E-state index < -0.39 is 6.04 Å². The van der Waals surface area contributed by atoms with Gasteiger partial charge in [-0.1, -0.05) is 42.4 Å². The molecule has 0 saturated carbocycles. The Morgan fingerprint density at radius 1 is 1.06 bits per heavy atom. The zero-order chi connectivity index (χ0) is 25.4. The van der Waals surface area contributed by atoms with Crippen molar-refractivity contribution in [2.75, 3.05) is 18.2 Å². The zero-order valence-electron chi connectivity index (χ0n) is 20.2. The molecule has 35 heavy (non-hydrogen) atoms. The van der Waals surface area contributed by atoms with Crippen LogP contribution in [-0.2, 0) is 16.1 Å². The molecule has 0 aliphatic rings. The van der Waals surface area contributed by atoms with E-state index in [2.05, 4.69) is 15.3 Å². The first-order valence-corrected chi connectivity index (χ1v) is 12.6. The van der Waals surface area contributed by atoms with Crippen LogP contribution in [-0.4, -0.2) is 45.6 Å². The minimum atomic E-state index is -0.666. The molecule has 1 heterocycles.